The molecule has 1 fully saturated rings. The van der Waals surface area contributed by atoms with Crippen LogP contribution in [-0.2, 0) is 0 Å². The number of ether oxygens (including phenoxy) is 1. The zero-order valence-corrected chi connectivity index (χ0v) is 12.2. The molecule has 1 aliphatic rings. The molecule has 7 heteroatoms. The number of aryl methyl sites for hydroxylation is 1. The van der Waals surface area contributed by atoms with Gasteiger partial charge in [-0.25, -0.2) is 10.1 Å². The van der Waals surface area contributed by atoms with Crippen molar-refractivity contribution in [3.8, 4) is 5.88 Å². The molecule has 0 radical (unpaired) electrons. The van der Waals surface area contributed by atoms with Crippen molar-refractivity contribution in [2.45, 2.75) is 19.4 Å². The number of aromatic nitrogens is 3. The van der Waals surface area contributed by atoms with E-state index in [1.807, 2.05) is 19.1 Å². The van der Waals surface area contributed by atoms with Gasteiger partial charge in [0.25, 0.3) is 11.5 Å². The molecule has 0 bridgehead atoms. The van der Waals surface area contributed by atoms with Crippen LogP contribution >= 0.6 is 0 Å². The number of likely N-dealkylation sites (tertiary alicyclic amines) is 1. The minimum Gasteiger partial charge on any atom is -0.472 e. The summed E-state index contributed by atoms with van der Waals surface area (Å²) in [6.45, 7) is 2.98. The lowest BCUT2D eigenvalue weighted by molar-refractivity contribution is 0.0764. The first kappa shape index (κ1) is 14.2. The van der Waals surface area contributed by atoms with E-state index < -0.39 is 0 Å². The lowest BCUT2D eigenvalue weighted by Gasteiger charge is -2.16. The van der Waals surface area contributed by atoms with Crippen molar-refractivity contribution in [2.24, 2.45) is 0 Å². The number of rotatable bonds is 3. The van der Waals surface area contributed by atoms with Crippen LogP contribution in [0.15, 0.2) is 35.1 Å². The maximum Gasteiger partial charge on any atom is 0.274 e. The first-order valence-electron chi connectivity index (χ1n) is 7.07. The predicted octanol–water partition coefficient (Wildman–Crippen LogP) is 0.767. The van der Waals surface area contributed by atoms with Gasteiger partial charge in [0.2, 0.25) is 5.88 Å². The molecule has 22 heavy (non-hydrogen) atoms. The van der Waals surface area contributed by atoms with Crippen LogP contribution in [0, 0.1) is 6.92 Å². The molecule has 1 unspecified atom stereocenters. The summed E-state index contributed by atoms with van der Waals surface area (Å²) in [5, 5.41) is 6.03. The largest absolute Gasteiger partial charge is 0.472 e. The van der Waals surface area contributed by atoms with Crippen molar-refractivity contribution in [1.29, 1.82) is 0 Å². The zero-order valence-electron chi connectivity index (χ0n) is 12.2. The average molecular weight is 300 g/mol. The summed E-state index contributed by atoms with van der Waals surface area (Å²) in [5.41, 5.74) is 0.791. The van der Waals surface area contributed by atoms with E-state index in [4.69, 9.17) is 4.74 Å². The Balaban J connectivity index is 1.63. The van der Waals surface area contributed by atoms with Crippen LogP contribution in [0.4, 0.5) is 0 Å². The van der Waals surface area contributed by atoms with Gasteiger partial charge in [0.1, 0.15) is 11.8 Å². The summed E-state index contributed by atoms with van der Waals surface area (Å²) in [4.78, 5) is 29.2. The van der Waals surface area contributed by atoms with E-state index in [1.165, 1.54) is 12.1 Å². The molecule has 1 saturated heterocycles. The number of aromatic amines is 1. The van der Waals surface area contributed by atoms with Gasteiger partial charge >= 0.3 is 0 Å². The molecule has 0 aromatic carbocycles. The SMILES string of the molecule is Cc1cccc(OC2CCN(C(=O)c3ccc(=O)[nH]n3)C2)n1. The lowest BCUT2D eigenvalue weighted by atomic mass is 10.3. The van der Waals surface area contributed by atoms with E-state index in [9.17, 15) is 9.59 Å². The fraction of sp³-hybridized carbons (Fsp3) is 0.333. The Morgan fingerprint density at radius 3 is 2.95 bits per heavy atom. The molecule has 0 saturated carbocycles. The summed E-state index contributed by atoms with van der Waals surface area (Å²) in [6.07, 6.45) is 0.658. The highest BCUT2D eigenvalue weighted by Gasteiger charge is 2.29. The van der Waals surface area contributed by atoms with E-state index >= 15 is 0 Å². The van der Waals surface area contributed by atoms with Crippen LogP contribution in [-0.4, -0.2) is 45.2 Å². The number of carbonyl (C=O) groups excluding carboxylic acids is 1. The Labute approximate surface area is 126 Å². The number of hydrogen-bond acceptors (Lipinski definition) is 5. The number of hydrogen-bond donors (Lipinski definition) is 1. The van der Waals surface area contributed by atoms with Crippen LogP contribution in [0.3, 0.4) is 0 Å². The standard InChI is InChI=1S/C15H16N4O3/c1-10-3-2-4-14(16-10)22-11-7-8-19(9-11)15(21)12-5-6-13(20)18-17-12/h2-6,11H,7-9H2,1H3,(H,18,20). The number of nitrogens with zero attached hydrogens (tertiary/aromatic N) is 3. The number of H-pyrrole nitrogens is 1. The molecule has 7 nitrogen and oxygen atoms in total. The normalized spacial score (nSPS) is 17.5. The van der Waals surface area contributed by atoms with E-state index in [1.54, 1.807) is 11.0 Å². The fourth-order valence-electron chi connectivity index (χ4n) is 2.39. The number of amides is 1. The third kappa shape index (κ3) is 3.13. The number of pyridine rings is 1. The summed E-state index contributed by atoms with van der Waals surface area (Å²) >= 11 is 0. The monoisotopic (exact) mass is 300 g/mol. The molecule has 114 valence electrons. The van der Waals surface area contributed by atoms with Crippen LogP contribution in [0.25, 0.3) is 0 Å². The van der Waals surface area contributed by atoms with Gasteiger partial charge in [0.15, 0.2) is 0 Å². The van der Waals surface area contributed by atoms with Crippen molar-refractivity contribution >= 4 is 5.91 Å². The zero-order chi connectivity index (χ0) is 15.5. The maximum atomic E-state index is 12.3. The lowest BCUT2D eigenvalue weighted by Crippen LogP contribution is -2.32. The molecule has 3 heterocycles. The van der Waals surface area contributed by atoms with Crippen molar-refractivity contribution in [2.75, 3.05) is 13.1 Å². The second-order valence-corrected chi connectivity index (χ2v) is 5.20. The van der Waals surface area contributed by atoms with Gasteiger partial charge in [0.05, 0.1) is 6.54 Å². The smallest absolute Gasteiger partial charge is 0.274 e. The highest BCUT2D eigenvalue weighted by Crippen LogP contribution is 2.18. The minimum absolute atomic E-state index is 0.0824. The molecule has 0 aliphatic carbocycles. The third-order valence-electron chi connectivity index (χ3n) is 3.48. The second-order valence-electron chi connectivity index (χ2n) is 5.20. The molecule has 0 spiro atoms. The molecule has 2 aromatic rings. The van der Waals surface area contributed by atoms with Gasteiger partial charge in [-0.15, -0.1) is 0 Å². The predicted molar refractivity (Wildman–Crippen MR) is 78.8 cm³/mol. The molecule has 1 atom stereocenters. The number of carbonyl (C=O) groups is 1. The summed E-state index contributed by atoms with van der Waals surface area (Å²) < 4.78 is 5.81. The fourth-order valence-corrected chi connectivity index (χ4v) is 2.39. The van der Waals surface area contributed by atoms with Crippen molar-refractivity contribution in [3.63, 3.8) is 0 Å². The van der Waals surface area contributed by atoms with E-state index in [-0.39, 0.29) is 23.3 Å². The molecule has 2 aromatic heterocycles. The topological polar surface area (TPSA) is 88.2 Å². The summed E-state index contributed by atoms with van der Waals surface area (Å²) in [6, 6.07) is 8.32. The Morgan fingerprint density at radius 2 is 2.23 bits per heavy atom. The van der Waals surface area contributed by atoms with Crippen molar-refractivity contribution in [3.05, 3.63) is 52.1 Å². The van der Waals surface area contributed by atoms with Gasteiger partial charge in [-0.2, -0.15) is 5.10 Å². The van der Waals surface area contributed by atoms with Crippen LogP contribution in [0.1, 0.15) is 22.6 Å². The Hall–Kier alpha value is -2.70. The third-order valence-corrected chi connectivity index (χ3v) is 3.48. The summed E-state index contributed by atoms with van der Waals surface area (Å²) in [5.74, 6) is 0.362. The average Bonchev–Trinajstić information content (AvgIpc) is 2.96. The molecule has 3 rings (SSSR count). The van der Waals surface area contributed by atoms with Crippen molar-refractivity contribution in [1.82, 2.24) is 20.1 Å². The van der Waals surface area contributed by atoms with E-state index in [0.29, 0.717) is 19.0 Å². The van der Waals surface area contributed by atoms with Crippen LogP contribution in [0.2, 0.25) is 0 Å². The first-order chi connectivity index (χ1) is 10.6. The Bertz CT molecular complexity index is 723. The summed E-state index contributed by atoms with van der Waals surface area (Å²) in [7, 11) is 0. The molecule has 1 N–H and O–H groups in total. The van der Waals surface area contributed by atoms with Crippen molar-refractivity contribution < 1.29 is 9.53 Å². The van der Waals surface area contributed by atoms with Gasteiger partial charge < -0.3 is 9.64 Å². The first-order valence-corrected chi connectivity index (χ1v) is 7.07. The Kier molecular flexibility index (Phi) is 3.86. The molecular formula is C15H16N4O3. The minimum atomic E-state index is -0.329. The highest BCUT2D eigenvalue weighted by atomic mass is 16.5. The van der Waals surface area contributed by atoms with Crippen LogP contribution < -0.4 is 10.3 Å². The van der Waals surface area contributed by atoms with Gasteiger partial charge in [0, 0.05) is 30.8 Å². The van der Waals surface area contributed by atoms with Gasteiger partial charge in [-0.3, -0.25) is 9.59 Å². The maximum absolute atomic E-state index is 12.3. The second kappa shape index (κ2) is 5.97. The number of nitrogens with one attached hydrogen (secondary N) is 1. The van der Waals surface area contributed by atoms with Crippen LogP contribution in [0.5, 0.6) is 5.88 Å². The molecule has 1 aliphatic heterocycles. The van der Waals surface area contributed by atoms with Gasteiger partial charge in [-0.1, -0.05) is 6.07 Å². The Morgan fingerprint density at radius 1 is 1.36 bits per heavy atom. The molecule has 1 amide bonds. The molecular weight excluding hydrogens is 284 g/mol. The van der Waals surface area contributed by atoms with Gasteiger partial charge in [-0.05, 0) is 19.1 Å². The van der Waals surface area contributed by atoms with E-state index in [0.717, 1.165) is 12.1 Å². The van der Waals surface area contributed by atoms with E-state index in [2.05, 4.69) is 15.2 Å². The quantitative estimate of drug-likeness (QED) is 0.904. The highest BCUT2D eigenvalue weighted by molar-refractivity contribution is 5.92.